The first-order chi connectivity index (χ1) is 9.47. The summed E-state index contributed by atoms with van der Waals surface area (Å²) >= 11 is 5.68. The number of nitro benzene ring substituents is 1. The van der Waals surface area contributed by atoms with Crippen molar-refractivity contribution in [2.24, 2.45) is 0 Å². The molecule has 1 aromatic heterocycles. The van der Waals surface area contributed by atoms with Crippen molar-refractivity contribution in [2.45, 2.75) is 0 Å². The summed E-state index contributed by atoms with van der Waals surface area (Å²) in [5.41, 5.74) is -0.404. The van der Waals surface area contributed by atoms with Crippen molar-refractivity contribution in [2.75, 3.05) is 0 Å². The van der Waals surface area contributed by atoms with E-state index in [1.165, 1.54) is 36.4 Å². The maximum absolute atomic E-state index is 10.9. The van der Waals surface area contributed by atoms with Crippen LogP contribution in [0, 0.1) is 10.1 Å². The fourth-order valence-corrected chi connectivity index (χ4v) is 1.57. The van der Waals surface area contributed by atoms with Crippen LogP contribution in [-0.4, -0.2) is 21.0 Å². The number of non-ortho nitro benzene ring substituents is 1. The number of ether oxygens (including phenoxy) is 1. The molecule has 2 rings (SSSR count). The largest absolute Gasteiger partial charge is 0.476 e. The van der Waals surface area contributed by atoms with E-state index in [1.54, 1.807) is 0 Å². The van der Waals surface area contributed by atoms with Crippen LogP contribution in [0.15, 0.2) is 36.4 Å². The predicted octanol–water partition coefficient (Wildman–Crippen LogP) is 3.13. The molecule has 1 heterocycles. The summed E-state index contributed by atoms with van der Waals surface area (Å²) in [6.07, 6.45) is 0. The number of benzene rings is 1. The second-order valence-electron chi connectivity index (χ2n) is 3.64. The van der Waals surface area contributed by atoms with E-state index < -0.39 is 10.9 Å². The Bertz CT molecular complexity index is 672. The van der Waals surface area contributed by atoms with Gasteiger partial charge in [0.1, 0.15) is 5.75 Å². The van der Waals surface area contributed by atoms with Crippen LogP contribution in [0.4, 0.5) is 5.69 Å². The zero-order valence-corrected chi connectivity index (χ0v) is 10.6. The first-order valence-corrected chi connectivity index (χ1v) is 5.67. The maximum atomic E-state index is 10.9. The highest BCUT2D eigenvalue weighted by Gasteiger charge is 2.13. The van der Waals surface area contributed by atoms with Gasteiger partial charge in [-0.25, -0.2) is 9.78 Å². The molecule has 0 aliphatic heterocycles. The molecular weight excluding hydrogens is 288 g/mol. The van der Waals surface area contributed by atoms with Crippen molar-refractivity contribution in [3.8, 4) is 11.6 Å². The summed E-state index contributed by atoms with van der Waals surface area (Å²) in [6.45, 7) is 0. The molecule has 0 saturated heterocycles. The lowest BCUT2D eigenvalue weighted by atomic mass is 10.3. The van der Waals surface area contributed by atoms with Crippen LogP contribution in [0.5, 0.6) is 11.6 Å². The predicted molar refractivity (Wildman–Crippen MR) is 69.4 cm³/mol. The first kappa shape index (κ1) is 13.8. The molecule has 1 aromatic carbocycles. The molecule has 0 amide bonds. The average Bonchev–Trinajstić information content (AvgIpc) is 2.41. The Morgan fingerprint density at radius 1 is 1.25 bits per heavy atom. The molecule has 20 heavy (non-hydrogen) atoms. The third kappa shape index (κ3) is 3.01. The van der Waals surface area contributed by atoms with Gasteiger partial charge in [-0.2, -0.15) is 0 Å². The van der Waals surface area contributed by atoms with Crippen LogP contribution in [0.3, 0.4) is 0 Å². The minimum absolute atomic E-state index is 0.00597. The lowest BCUT2D eigenvalue weighted by molar-refractivity contribution is -0.384. The molecule has 0 radical (unpaired) electrons. The number of halogens is 1. The molecule has 0 unspecified atom stereocenters. The van der Waals surface area contributed by atoms with Gasteiger partial charge in [-0.1, -0.05) is 11.6 Å². The van der Waals surface area contributed by atoms with Crippen molar-refractivity contribution >= 4 is 23.3 Å². The van der Waals surface area contributed by atoms with Gasteiger partial charge in [0.15, 0.2) is 5.69 Å². The molecule has 0 fully saturated rings. The number of hydrogen-bond acceptors (Lipinski definition) is 5. The molecule has 0 spiro atoms. The summed E-state index contributed by atoms with van der Waals surface area (Å²) in [4.78, 5) is 24.6. The quantitative estimate of drug-likeness (QED) is 0.686. The molecule has 2 aromatic rings. The van der Waals surface area contributed by atoms with Crippen LogP contribution >= 0.6 is 11.6 Å². The van der Waals surface area contributed by atoms with Crippen molar-refractivity contribution < 1.29 is 19.6 Å². The van der Waals surface area contributed by atoms with Gasteiger partial charge in [-0.05, 0) is 18.2 Å². The number of aromatic nitrogens is 1. The number of aromatic carboxylic acids is 1. The monoisotopic (exact) mass is 294 g/mol. The topological polar surface area (TPSA) is 103 Å². The third-order valence-corrected chi connectivity index (χ3v) is 2.60. The fourth-order valence-electron chi connectivity index (χ4n) is 1.39. The smallest absolute Gasteiger partial charge is 0.356 e. The van der Waals surface area contributed by atoms with Crippen molar-refractivity contribution in [3.05, 3.63) is 57.2 Å². The minimum Gasteiger partial charge on any atom is -0.476 e. The molecule has 0 aliphatic rings. The van der Waals surface area contributed by atoms with E-state index in [0.29, 0.717) is 5.75 Å². The van der Waals surface area contributed by atoms with Crippen LogP contribution in [-0.2, 0) is 0 Å². The number of carbonyl (C=O) groups is 1. The molecule has 0 saturated carbocycles. The Morgan fingerprint density at radius 2 is 1.90 bits per heavy atom. The highest BCUT2D eigenvalue weighted by molar-refractivity contribution is 6.33. The highest BCUT2D eigenvalue weighted by Crippen LogP contribution is 2.24. The fraction of sp³-hybridized carbons (Fsp3) is 0. The standard InChI is InChI=1S/C12H7ClN2O5/c13-9-5-6-10(14-11(9)12(16)17)20-8-3-1-7(2-4-8)15(18)19/h1-6H,(H,16,17). The van der Waals surface area contributed by atoms with E-state index in [-0.39, 0.29) is 22.3 Å². The van der Waals surface area contributed by atoms with Crippen LogP contribution < -0.4 is 4.74 Å². The molecular formula is C12H7ClN2O5. The van der Waals surface area contributed by atoms with Crippen molar-refractivity contribution in [1.29, 1.82) is 0 Å². The second-order valence-corrected chi connectivity index (χ2v) is 4.05. The van der Waals surface area contributed by atoms with Crippen molar-refractivity contribution in [3.63, 3.8) is 0 Å². The number of rotatable bonds is 4. The molecule has 8 heteroatoms. The van der Waals surface area contributed by atoms with E-state index in [9.17, 15) is 14.9 Å². The highest BCUT2D eigenvalue weighted by atomic mass is 35.5. The summed E-state index contributed by atoms with van der Waals surface area (Å²) in [7, 11) is 0. The number of hydrogen-bond donors (Lipinski definition) is 1. The lowest BCUT2D eigenvalue weighted by Crippen LogP contribution is -2.02. The summed E-state index contributed by atoms with van der Waals surface area (Å²) < 4.78 is 5.30. The maximum Gasteiger partial charge on any atom is 0.356 e. The van der Waals surface area contributed by atoms with Crippen LogP contribution in [0.2, 0.25) is 5.02 Å². The number of carboxylic acids is 1. The van der Waals surface area contributed by atoms with Gasteiger partial charge in [-0.3, -0.25) is 10.1 Å². The van der Waals surface area contributed by atoms with Crippen LogP contribution in [0.1, 0.15) is 10.5 Å². The van der Waals surface area contributed by atoms with Gasteiger partial charge >= 0.3 is 5.97 Å². The Labute approximate surface area is 117 Å². The first-order valence-electron chi connectivity index (χ1n) is 5.29. The molecule has 7 nitrogen and oxygen atoms in total. The lowest BCUT2D eigenvalue weighted by Gasteiger charge is -2.05. The van der Waals surface area contributed by atoms with E-state index >= 15 is 0 Å². The van der Waals surface area contributed by atoms with Crippen LogP contribution in [0.25, 0.3) is 0 Å². The van der Waals surface area contributed by atoms with Gasteiger partial charge in [0, 0.05) is 18.2 Å². The van der Waals surface area contributed by atoms with E-state index in [1.807, 2.05) is 0 Å². The van der Waals surface area contributed by atoms with Gasteiger partial charge in [-0.15, -0.1) is 0 Å². The third-order valence-electron chi connectivity index (χ3n) is 2.29. The number of pyridine rings is 1. The number of nitrogens with zero attached hydrogens (tertiary/aromatic N) is 2. The Morgan fingerprint density at radius 3 is 2.45 bits per heavy atom. The summed E-state index contributed by atoms with van der Waals surface area (Å²) in [5, 5.41) is 19.4. The normalized spacial score (nSPS) is 10.1. The summed E-state index contributed by atoms with van der Waals surface area (Å²) in [6, 6.07) is 8.05. The van der Waals surface area contributed by atoms with Gasteiger partial charge in [0.2, 0.25) is 5.88 Å². The Balaban J connectivity index is 2.23. The zero-order valence-electron chi connectivity index (χ0n) is 9.82. The SMILES string of the molecule is O=C(O)c1nc(Oc2ccc([N+](=O)[O-])cc2)ccc1Cl. The van der Waals surface area contributed by atoms with Crippen molar-refractivity contribution in [1.82, 2.24) is 4.98 Å². The Kier molecular flexibility index (Phi) is 3.81. The molecule has 0 atom stereocenters. The zero-order chi connectivity index (χ0) is 14.7. The summed E-state index contributed by atoms with van der Waals surface area (Å²) in [5.74, 6) is -0.952. The minimum atomic E-state index is -1.27. The Hall–Kier alpha value is -2.67. The van der Waals surface area contributed by atoms with Gasteiger partial charge < -0.3 is 9.84 Å². The number of nitro groups is 1. The molecule has 1 N–H and O–H groups in total. The van der Waals surface area contributed by atoms with Gasteiger partial charge in [0.05, 0.1) is 9.95 Å². The molecule has 102 valence electrons. The van der Waals surface area contributed by atoms with E-state index in [0.717, 1.165) is 0 Å². The van der Waals surface area contributed by atoms with Gasteiger partial charge in [0.25, 0.3) is 5.69 Å². The number of carboxylic acid groups (broad SMARTS) is 1. The average molecular weight is 295 g/mol. The molecule has 0 aliphatic carbocycles. The van der Waals surface area contributed by atoms with E-state index in [4.69, 9.17) is 21.4 Å². The van der Waals surface area contributed by atoms with E-state index in [2.05, 4.69) is 4.98 Å². The molecule has 0 bridgehead atoms. The second kappa shape index (κ2) is 5.54.